The average Bonchev–Trinajstić information content (AvgIpc) is 2.61. The summed E-state index contributed by atoms with van der Waals surface area (Å²) in [5, 5.41) is 10.4. The average molecular weight is 205 g/mol. The minimum Gasteiger partial charge on any atom is -0.388 e. The van der Waals surface area contributed by atoms with Gasteiger partial charge in [0.1, 0.15) is 0 Å². The Balaban J connectivity index is 2.00. The highest BCUT2D eigenvalue weighted by atomic mass is 16.3. The molecule has 0 bridgehead atoms. The predicted molar refractivity (Wildman–Crippen MR) is 61.8 cm³/mol. The van der Waals surface area contributed by atoms with Crippen molar-refractivity contribution in [1.82, 2.24) is 4.90 Å². The van der Waals surface area contributed by atoms with E-state index >= 15 is 0 Å². The second-order valence-corrected chi connectivity index (χ2v) is 4.51. The Morgan fingerprint density at radius 3 is 2.67 bits per heavy atom. The molecule has 2 nitrogen and oxygen atoms in total. The molecule has 1 heterocycles. The van der Waals surface area contributed by atoms with Crippen molar-refractivity contribution in [2.45, 2.75) is 25.4 Å². The number of hydrogen-bond acceptors (Lipinski definition) is 2. The fraction of sp³-hybridized carbons (Fsp3) is 0.538. The van der Waals surface area contributed by atoms with E-state index in [9.17, 15) is 5.11 Å². The van der Waals surface area contributed by atoms with E-state index in [1.807, 2.05) is 18.2 Å². The predicted octanol–water partition coefficient (Wildman–Crippen LogP) is 1.69. The van der Waals surface area contributed by atoms with Crippen LogP contribution < -0.4 is 0 Å². The molecule has 0 saturated carbocycles. The van der Waals surface area contributed by atoms with Crippen LogP contribution in [-0.2, 0) is 6.42 Å². The maximum Gasteiger partial charge on any atom is 0.0826 e. The molecule has 1 unspecified atom stereocenters. The van der Waals surface area contributed by atoms with Crippen molar-refractivity contribution in [2.75, 3.05) is 19.6 Å². The molecular formula is C13H19NO. The highest BCUT2D eigenvalue weighted by Crippen LogP contribution is 2.25. The third-order valence-corrected chi connectivity index (χ3v) is 3.23. The summed E-state index contributed by atoms with van der Waals surface area (Å²) in [5.41, 5.74) is 0.732. The minimum atomic E-state index is -0.503. The van der Waals surface area contributed by atoms with Crippen LogP contribution in [0.5, 0.6) is 0 Å². The summed E-state index contributed by atoms with van der Waals surface area (Å²) in [4.78, 5) is 2.31. The van der Waals surface area contributed by atoms with Gasteiger partial charge in [0.05, 0.1) is 5.60 Å². The number of β-amino-alcohol motifs (C(OH)–C–C–N with tert-alkyl or cyclic N) is 1. The van der Waals surface area contributed by atoms with E-state index < -0.39 is 5.60 Å². The summed E-state index contributed by atoms with van der Waals surface area (Å²) >= 11 is 0. The molecule has 0 aromatic heterocycles. The summed E-state index contributed by atoms with van der Waals surface area (Å²) in [6.45, 7) is 5.03. The molecule has 1 aromatic carbocycles. The van der Waals surface area contributed by atoms with Crippen molar-refractivity contribution in [3.63, 3.8) is 0 Å². The maximum absolute atomic E-state index is 10.4. The first-order valence-electron chi connectivity index (χ1n) is 5.70. The van der Waals surface area contributed by atoms with Crippen LogP contribution in [0, 0.1) is 0 Å². The molecule has 0 spiro atoms. The van der Waals surface area contributed by atoms with E-state index in [2.05, 4.69) is 24.0 Å². The summed E-state index contributed by atoms with van der Waals surface area (Å²) < 4.78 is 0. The molecule has 2 heteroatoms. The fourth-order valence-corrected chi connectivity index (χ4v) is 2.33. The van der Waals surface area contributed by atoms with Crippen LogP contribution in [0.3, 0.4) is 0 Å². The van der Waals surface area contributed by atoms with Gasteiger partial charge >= 0.3 is 0 Å². The van der Waals surface area contributed by atoms with Gasteiger partial charge in [-0.15, -0.1) is 0 Å². The SMILES string of the molecule is CCN1CCC(O)(Cc2ccccc2)C1. The summed E-state index contributed by atoms with van der Waals surface area (Å²) in [5.74, 6) is 0. The molecule has 0 aliphatic carbocycles. The van der Waals surface area contributed by atoms with Crippen molar-refractivity contribution >= 4 is 0 Å². The second-order valence-electron chi connectivity index (χ2n) is 4.51. The van der Waals surface area contributed by atoms with Crippen molar-refractivity contribution in [1.29, 1.82) is 0 Å². The van der Waals surface area contributed by atoms with Crippen molar-refractivity contribution in [3.8, 4) is 0 Å². The molecule has 1 fully saturated rings. The Kier molecular flexibility index (Phi) is 3.08. The summed E-state index contributed by atoms with van der Waals surface area (Å²) in [7, 11) is 0. The van der Waals surface area contributed by atoms with E-state index in [0.717, 1.165) is 32.5 Å². The molecule has 1 atom stereocenters. The zero-order valence-corrected chi connectivity index (χ0v) is 9.32. The van der Waals surface area contributed by atoms with Gasteiger partial charge in [-0.3, -0.25) is 0 Å². The van der Waals surface area contributed by atoms with Gasteiger partial charge in [0.2, 0.25) is 0 Å². The molecule has 1 aliphatic rings. The zero-order chi connectivity index (χ0) is 10.7. The van der Waals surface area contributed by atoms with Gasteiger partial charge < -0.3 is 10.0 Å². The van der Waals surface area contributed by atoms with Gasteiger partial charge in [0.25, 0.3) is 0 Å². The highest BCUT2D eigenvalue weighted by Gasteiger charge is 2.35. The van der Waals surface area contributed by atoms with E-state index in [-0.39, 0.29) is 0 Å². The minimum absolute atomic E-state index is 0.503. The van der Waals surface area contributed by atoms with Gasteiger partial charge in [-0.25, -0.2) is 0 Å². The Bertz CT molecular complexity index is 312. The number of rotatable bonds is 3. The number of likely N-dealkylation sites (N-methyl/N-ethyl adjacent to an activating group) is 1. The van der Waals surface area contributed by atoms with Gasteiger partial charge in [-0.05, 0) is 18.5 Å². The first-order valence-corrected chi connectivity index (χ1v) is 5.70. The Labute approximate surface area is 91.5 Å². The maximum atomic E-state index is 10.4. The monoisotopic (exact) mass is 205 g/mol. The molecule has 0 amide bonds. The van der Waals surface area contributed by atoms with Crippen LogP contribution in [0.1, 0.15) is 18.9 Å². The van der Waals surface area contributed by atoms with Gasteiger partial charge in [-0.2, -0.15) is 0 Å². The van der Waals surface area contributed by atoms with E-state index in [1.54, 1.807) is 0 Å². The molecule has 1 saturated heterocycles. The van der Waals surface area contributed by atoms with E-state index in [0.29, 0.717) is 0 Å². The molecule has 1 N–H and O–H groups in total. The number of nitrogens with zero attached hydrogens (tertiary/aromatic N) is 1. The lowest BCUT2D eigenvalue weighted by molar-refractivity contribution is 0.0502. The number of likely N-dealkylation sites (tertiary alicyclic amines) is 1. The highest BCUT2D eigenvalue weighted by molar-refractivity contribution is 5.17. The number of aliphatic hydroxyl groups is 1. The molecule has 15 heavy (non-hydrogen) atoms. The van der Waals surface area contributed by atoms with Crippen molar-refractivity contribution < 1.29 is 5.11 Å². The third-order valence-electron chi connectivity index (χ3n) is 3.23. The fourth-order valence-electron chi connectivity index (χ4n) is 2.33. The van der Waals surface area contributed by atoms with Crippen LogP contribution >= 0.6 is 0 Å². The van der Waals surface area contributed by atoms with E-state index in [1.165, 1.54) is 5.56 Å². The van der Waals surface area contributed by atoms with Crippen molar-refractivity contribution in [3.05, 3.63) is 35.9 Å². The van der Waals surface area contributed by atoms with Crippen molar-refractivity contribution in [2.24, 2.45) is 0 Å². The normalized spacial score (nSPS) is 27.1. The van der Waals surface area contributed by atoms with Crippen LogP contribution in [0.2, 0.25) is 0 Å². The quantitative estimate of drug-likeness (QED) is 0.811. The molecule has 82 valence electrons. The third kappa shape index (κ3) is 2.58. The lowest BCUT2D eigenvalue weighted by Gasteiger charge is -2.23. The van der Waals surface area contributed by atoms with Crippen LogP contribution in [0.15, 0.2) is 30.3 Å². The Morgan fingerprint density at radius 2 is 2.07 bits per heavy atom. The Hall–Kier alpha value is -0.860. The first-order chi connectivity index (χ1) is 7.22. The zero-order valence-electron chi connectivity index (χ0n) is 9.32. The standard InChI is InChI=1S/C13H19NO/c1-2-14-9-8-13(15,11-14)10-12-6-4-3-5-7-12/h3-7,15H,2,8-11H2,1H3. The Morgan fingerprint density at radius 1 is 1.33 bits per heavy atom. The molecule has 1 aliphatic heterocycles. The van der Waals surface area contributed by atoms with Crippen LogP contribution in [-0.4, -0.2) is 35.2 Å². The molecule has 1 aromatic rings. The van der Waals surface area contributed by atoms with Crippen LogP contribution in [0.25, 0.3) is 0 Å². The largest absolute Gasteiger partial charge is 0.388 e. The molecule has 2 rings (SSSR count). The lowest BCUT2D eigenvalue weighted by atomic mass is 9.94. The topological polar surface area (TPSA) is 23.5 Å². The first kappa shape index (κ1) is 10.7. The van der Waals surface area contributed by atoms with Crippen LogP contribution in [0.4, 0.5) is 0 Å². The second kappa shape index (κ2) is 4.33. The van der Waals surface area contributed by atoms with Gasteiger partial charge in [0.15, 0.2) is 0 Å². The number of hydrogen-bond donors (Lipinski definition) is 1. The summed E-state index contributed by atoms with van der Waals surface area (Å²) in [6.07, 6.45) is 1.68. The molecular weight excluding hydrogens is 186 g/mol. The number of benzene rings is 1. The van der Waals surface area contributed by atoms with Gasteiger partial charge in [-0.1, -0.05) is 37.3 Å². The smallest absolute Gasteiger partial charge is 0.0826 e. The lowest BCUT2D eigenvalue weighted by Crippen LogP contribution is -2.35. The molecule has 0 radical (unpaired) electrons. The summed E-state index contributed by atoms with van der Waals surface area (Å²) in [6, 6.07) is 10.3. The van der Waals surface area contributed by atoms with E-state index in [4.69, 9.17) is 0 Å². The van der Waals surface area contributed by atoms with Gasteiger partial charge in [0, 0.05) is 19.5 Å².